The van der Waals surface area contributed by atoms with Gasteiger partial charge in [0.25, 0.3) is 5.91 Å². The van der Waals surface area contributed by atoms with Gasteiger partial charge in [0.15, 0.2) is 0 Å². The van der Waals surface area contributed by atoms with E-state index in [1.54, 1.807) is 12.1 Å². The zero-order chi connectivity index (χ0) is 13.8. The molecule has 2 nitrogen and oxygen atoms in total. The highest BCUT2D eigenvalue weighted by molar-refractivity contribution is 9.11. The smallest absolute Gasteiger partial charge is 0.255 e. The first-order valence-electron chi connectivity index (χ1n) is 5.51. The van der Waals surface area contributed by atoms with E-state index in [9.17, 15) is 4.79 Å². The monoisotopic (exact) mass is 401 g/mol. The third kappa shape index (κ3) is 4.06. The Morgan fingerprint density at radius 3 is 2.42 bits per heavy atom. The van der Waals surface area contributed by atoms with Crippen molar-refractivity contribution in [1.29, 1.82) is 0 Å². The van der Waals surface area contributed by atoms with Crippen LogP contribution in [0.3, 0.4) is 0 Å². The number of rotatable bonds is 3. The summed E-state index contributed by atoms with van der Waals surface area (Å²) in [6.45, 7) is 0. The number of hydrogen-bond acceptors (Lipinski definition) is 1. The predicted molar refractivity (Wildman–Crippen MR) is 85.8 cm³/mol. The lowest BCUT2D eigenvalue weighted by Gasteiger charge is -2.07. The molecule has 0 radical (unpaired) electrons. The number of carbonyl (C=O) groups excluding carboxylic acids is 1. The molecule has 0 aromatic heterocycles. The first kappa shape index (κ1) is 14.6. The summed E-state index contributed by atoms with van der Waals surface area (Å²) in [4.78, 5) is 12.1. The van der Waals surface area contributed by atoms with Crippen LogP contribution in [0.15, 0.2) is 51.4 Å². The van der Waals surface area contributed by atoms with Gasteiger partial charge in [0, 0.05) is 26.1 Å². The molecule has 2 rings (SSSR count). The van der Waals surface area contributed by atoms with Gasteiger partial charge >= 0.3 is 0 Å². The highest BCUT2D eigenvalue weighted by Crippen LogP contribution is 2.21. The molecule has 0 fully saturated rings. The fraction of sp³-hybridized carbons (Fsp3) is 0.0714. The normalized spacial score (nSPS) is 10.3. The van der Waals surface area contributed by atoms with E-state index < -0.39 is 0 Å². The maximum absolute atomic E-state index is 12.1. The molecule has 1 N–H and O–H groups in total. The summed E-state index contributed by atoms with van der Waals surface area (Å²) in [5.41, 5.74) is 2.28. The molecule has 0 unspecified atom stereocenters. The summed E-state index contributed by atoms with van der Waals surface area (Å²) in [7, 11) is 0. The van der Waals surface area contributed by atoms with Gasteiger partial charge in [-0.2, -0.15) is 0 Å². The Kier molecular flexibility index (Phi) is 5.02. The van der Waals surface area contributed by atoms with Crippen molar-refractivity contribution in [3.8, 4) is 0 Å². The zero-order valence-electron chi connectivity index (χ0n) is 9.79. The minimum absolute atomic E-state index is 0.159. The van der Waals surface area contributed by atoms with Gasteiger partial charge in [-0.25, -0.2) is 0 Å². The first-order chi connectivity index (χ1) is 9.08. The SMILES string of the molecule is O=C(Nc1cccc(CCl)c1)c1cc(Br)cc(Br)c1. The largest absolute Gasteiger partial charge is 0.322 e. The van der Waals surface area contributed by atoms with Crippen molar-refractivity contribution in [3.05, 3.63) is 62.5 Å². The van der Waals surface area contributed by atoms with Crippen molar-refractivity contribution >= 4 is 55.1 Å². The van der Waals surface area contributed by atoms with Crippen LogP contribution in [-0.4, -0.2) is 5.91 Å². The Morgan fingerprint density at radius 1 is 1.11 bits per heavy atom. The van der Waals surface area contributed by atoms with Crippen molar-refractivity contribution in [2.24, 2.45) is 0 Å². The molecule has 0 saturated carbocycles. The van der Waals surface area contributed by atoms with E-state index in [0.717, 1.165) is 20.2 Å². The Labute approximate surface area is 133 Å². The molecule has 0 spiro atoms. The quantitative estimate of drug-likeness (QED) is 0.701. The molecule has 5 heteroatoms. The van der Waals surface area contributed by atoms with Crippen LogP contribution in [0.4, 0.5) is 5.69 Å². The maximum atomic E-state index is 12.1. The molecule has 98 valence electrons. The Hall–Kier alpha value is -0.840. The average Bonchev–Trinajstić information content (AvgIpc) is 2.37. The molecule has 0 saturated heterocycles. The average molecular weight is 404 g/mol. The lowest BCUT2D eigenvalue weighted by molar-refractivity contribution is 0.102. The van der Waals surface area contributed by atoms with Gasteiger partial charge in [0.2, 0.25) is 0 Å². The molecule has 0 bridgehead atoms. The third-order valence-corrected chi connectivity index (χ3v) is 3.69. The number of alkyl halides is 1. The van der Waals surface area contributed by atoms with Crippen molar-refractivity contribution in [3.63, 3.8) is 0 Å². The van der Waals surface area contributed by atoms with Crippen LogP contribution in [0, 0.1) is 0 Å². The Balaban J connectivity index is 2.20. The Morgan fingerprint density at radius 2 is 1.79 bits per heavy atom. The lowest BCUT2D eigenvalue weighted by atomic mass is 10.2. The first-order valence-corrected chi connectivity index (χ1v) is 7.63. The maximum Gasteiger partial charge on any atom is 0.255 e. The second-order valence-electron chi connectivity index (χ2n) is 3.95. The number of nitrogens with one attached hydrogen (secondary N) is 1. The molecule has 0 aliphatic rings. The molecule has 0 heterocycles. The molecule has 1 amide bonds. The van der Waals surface area contributed by atoms with E-state index in [1.165, 1.54) is 0 Å². The summed E-state index contributed by atoms with van der Waals surface area (Å²) in [5, 5.41) is 2.85. The summed E-state index contributed by atoms with van der Waals surface area (Å²) in [6.07, 6.45) is 0. The fourth-order valence-corrected chi connectivity index (χ4v) is 3.08. The predicted octanol–water partition coefficient (Wildman–Crippen LogP) is 5.20. The van der Waals surface area contributed by atoms with E-state index >= 15 is 0 Å². The molecule has 0 atom stereocenters. The van der Waals surface area contributed by atoms with Gasteiger partial charge in [-0.3, -0.25) is 4.79 Å². The van der Waals surface area contributed by atoms with Crippen molar-refractivity contribution < 1.29 is 4.79 Å². The van der Waals surface area contributed by atoms with Crippen molar-refractivity contribution in [2.75, 3.05) is 5.32 Å². The molecule has 0 aliphatic carbocycles. The number of anilines is 1. The molecule has 19 heavy (non-hydrogen) atoms. The Bertz CT molecular complexity index is 596. The van der Waals surface area contributed by atoms with E-state index in [-0.39, 0.29) is 5.91 Å². The van der Waals surface area contributed by atoms with Crippen LogP contribution in [-0.2, 0) is 5.88 Å². The van der Waals surface area contributed by atoms with Crippen LogP contribution in [0.5, 0.6) is 0 Å². The fourth-order valence-electron chi connectivity index (χ4n) is 1.62. The molecular formula is C14H10Br2ClNO. The van der Waals surface area contributed by atoms with Crippen molar-refractivity contribution in [1.82, 2.24) is 0 Å². The van der Waals surface area contributed by atoms with Gasteiger partial charge in [0.05, 0.1) is 0 Å². The van der Waals surface area contributed by atoms with Crippen LogP contribution in [0.1, 0.15) is 15.9 Å². The van der Waals surface area contributed by atoms with Gasteiger partial charge < -0.3 is 5.32 Å². The molecule has 2 aromatic carbocycles. The van der Waals surface area contributed by atoms with E-state index in [1.807, 2.05) is 30.3 Å². The van der Waals surface area contributed by atoms with E-state index in [0.29, 0.717) is 11.4 Å². The minimum Gasteiger partial charge on any atom is -0.322 e. The highest BCUT2D eigenvalue weighted by Gasteiger charge is 2.08. The number of carbonyl (C=O) groups is 1. The summed E-state index contributed by atoms with van der Waals surface area (Å²) in [5.74, 6) is 0.264. The van der Waals surface area contributed by atoms with Crippen LogP contribution in [0.2, 0.25) is 0 Å². The zero-order valence-corrected chi connectivity index (χ0v) is 13.7. The standard InChI is InChI=1S/C14H10Br2ClNO/c15-11-5-10(6-12(16)7-11)14(19)18-13-3-1-2-9(4-13)8-17/h1-7H,8H2,(H,18,19). The molecular weight excluding hydrogens is 393 g/mol. The van der Waals surface area contributed by atoms with E-state index in [2.05, 4.69) is 37.2 Å². The van der Waals surface area contributed by atoms with E-state index in [4.69, 9.17) is 11.6 Å². The number of halogens is 3. The summed E-state index contributed by atoms with van der Waals surface area (Å²) in [6, 6.07) is 12.9. The highest BCUT2D eigenvalue weighted by atomic mass is 79.9. The summed E-state index contributed by atoms with van der Waals surface area (Å²) < 4.78 is 1.70. The van der Waals surface area contributed by atoms with Gasteiger partial charge in [-0.05, 0) is 35.9 Å². The molecule has 2 aromatic rings. The lowest BCUT2D eigenvalue weighted by Crippen LogP contribution is -2.12. The van der Waals surface area contributed by atoms with Crippen LogP contribution < -0.4 is 5.32 Å². The van der Waals surface area contributed by atoms with Crippen LogP contribution >= 0.6 is 43.5 Å². The second kappa shape index (κ2) is 6.55. The van der Waals surface area contributed by atoms with Crippen LogP contribution in [0.25, 0.3) is 0 Å². The number of hydrogen-bond donors (Lipinski definition) is 1. The topological polar surface area (TPSA) is 29.1 Å². The number of amides is 1. The minimum atomic E-state index is -0.159. The van der Waals surface area contributed by atoms with Crippen molar-refractivity contribution in [2.45, 2.75) is 5.88 Å². The van der Waals surface area contributed by atoms with Gasteiger partial charge in [0.1, 0.15) is 0 Å². The third-order valence-electron chi connectivity index (χ3n) is 2.46. The second-order valence-corrected chi connectivity index (χ2v) is 6.04. The number of benzene rings is 2. The molecule has 0 aliphatic heterocycles. The summed E-state index contributed by atoms with van der Waals surface area (Å²) >= 11 is 12.5. The van der Waals surface area contributed by atoms with Gasteiger partial charge in [-0.1, -0.05) is 44.0 Å². The van der Waals surface area contributed by atoms with Gasteiger partial charge in [-0.15, -0.1) is 11.6 Å².